The van der Waals surface area contributed by atoms with Crippen LogP contribution in [0.25, 0.3) is 0 Å². The van der Waals surface area contributed by atoms with Crippen LogP contribution in [0.4, 0.5) is 0 Å². The number of nitriles is 1. The highest BCUT2D eigenvalue weighted by Crippen LogP contribution is 2.34. The van der Waals surface area contributed by atoms with Gasteiger partial charge in [-0.3, -0.25) is 0 Å². The summed E-state index contributed by atoms with van der Waals surface area (Å²) >= 11 is 0. The van der Waals surface area contributed by atoms with Gasteiger partial charge in [0.2, 0.25) is 0 Å². The molecule has 1 rings (SSSR count). The quantitative estimate of drug-likeness (QED) is 0.683. The summed E-state index contributed by atoms with van der Waals surface area (Å²) in [7, 11) is 0. The molecule has 1 aliphatic rings. The van der Waals surface area contributed by atoms with Gasteiger partial charge in [-0.05, 0) is 31.2 Å². The number of unbranched alkanes of at least 4 members (excludes halogenated alkanes) is 1. The van der Waals surface area contributed by atoms with Gasteiger partial charge in [-0.2, -0.15) is 5.26 Å². The first-order chi connectivity index (χ1) is 6.77. The minimum atomic E-state index is 0.533. The SMILES string of the molecule is CC1(CNCCCC#N)CCCCC1. The van der Waals surface area contributed by atoms with E-state index in [2.05, 4.69) is 18.3 Å². The van der Waals surface area contributed by atoms with Gasteiger partial charge in [0.1, 0.15) is 0 Å². The lowest BCUT2D eigenvalue weighted by atomic mass is 9.76. The van der Waals surface area contributed by atoms with Gasteiger partial charge in [0.25, 0.3) is 0 Å². The molecule has 0 spiro atoms. The Kier molecular flexibility index (Phi) is 4.97. The van der Waals surface area contributed by atoms with Crippen molar-refractivity contribution in [2.24, 2.45) is 5.41 Å². The van der Waals surface area contributed by atoms with E-state index in [9.17, 15) is 0 Å². The predicted molar refractivity (Wildman–Crippen MR) is 58.9 cm³/mol. The van der Waals surface area contributed by atoms with Crippen LogP contribution in [0.2, 0.25) is 0 Å². The maximum atomic E-state index is 8.39. The molecular weight excluding hydrogens is 172 g/mol. The van der Waals surface area contributed by atoms with Gasteiger partial charge in [-0.25, -0.2) is 0 Å². The molecule has 0 aromatic carbocycles. The average Bonchev–Trinajstić information content (AvgIpc) is 2.18. The van der Waals surface area contributed by atoms with Crippen molar-refractivity contribution < 1.29 is 0 Å². The molecule has 0 amide bonds. The zero-order valence-electron chi connectivity index (χ0n) is 9.31. The number of nitrogens with zero attached hydrogens (tertiary/aromatic N) is 1. The van der Waals surface area contributed by atoms with Gasteiger partial charge < -0.3 is 5.32 Å². The fourth-order valence-electron chi connectivity index (χ4n) is 2.26. The molecule has 2 nitrogen and oxygen atoms in total. The fraction of sp³-hybridized carbons (Fsp3) is 0.917. The monoisotopic (exact) mass is 194 g/mol. The van der Waals surface area contributed by atoms with Gasteiger partial charge in [-0.1, -0.05) is 26.2 Å². The van der Waals surface area contributed by atoms with E-state index in [-0.39, 0.29) is 0 Å². The predicted octanol–water partition coefficient (Wildman–Crippen LogP) is 2.85. The summed E-state index contributed by atoms with van der Waals surface area (Å²) in [6.07, 6.45) is 8.64. The molecule has 0 saturated heterocycles. The van der Waals surface area contributed by atoms with E-state index < -0.39 is 0 Å². The van der Waals surface area contributed by atoms with Crippen molar-refractivity contribution in [3.63, 3.8) is 0 Å². The Morgan fingerprint density at radius 2 is 2.00 bits per heavy atom. The summed E-state index contributed by atoms with van der Waals surface area (Å²) in [4.78, 5) is 0. The first-order valence-electron chi connectivity index (χ1n) is 5.84. The standard InChI is InChI=1S/C12H22N2/c1-12(7-3-2-4-8-12)11-14-10-6-5-9-13/h14H,2-8,10-11H2,1H3. The van der Waals surface area contributed by atoms with Crippen LogP contribution >= 0.6 is 0 Å². The van der Waals surface area contributed by atoms with Crippen LogP contribution in [-0.2, 0) is 0 Å². The minimum Gasteiger partial charge on any atom is -0.316 e. The first kappa shape index (κ1) is 11.5. The van der Waals surface area contributed by atoms with Crippen molar-refractivity contribution in [2.75, 3.05) is 13.1 Å². The second-order valence-electron chi connectivity index (χ2n) is 4.81. The van der Waals surface area contributed by atoms with Crippen molar-refractivity contribution in [1.82, 2.24) is 5.32 Å². The Bertz CT molecular complexity index is 187. The van der Waals surface area contributed by atoms with Crippen molar-refractivity contribution in [3.8, 4) is 6.07 Å². The number of nitrogens with one attached hydrogen (secondary N) is 1. The molecule has 1 N–H and O–H groups in total. The molecule has 1 saturated carbocycles. The Labute approximate surface area is 87.7 Å². The van der Waals surface area contributed by atoms with Crippen molar-refractivity contribution >= 4 is 0 Å². The minimum absolute atomic E-state index is 0.533. The highest BCUT2D eigenvalue weighted by molar-refractivity contribution is 4.80. The Hall–Kier alpha value is -0.550. The molecule has 0 aromatic heterocycles. The van der Waals surface area contributed by atoms with E-state index in [0.29, 0.717) is 11.8 Å². The van der Waals surface area contributed by atoms with Crippen LogP contribution in [0.1, 0.15) is 51.9 Å². The van der Waals surface area contributed by atoms with Crippen LogP contribution in [0.3, 0.4) is 0 Å². The largest absolute Gasteiger partial charge is 0.316 e. The van der Waals surface area contributed by atoms with E-state index in [1.807, 2.05) is 0 Å². The van der Waals surface area contributed by atoms with Crippen molar-refractivity contribution in [3.05, 3.63) is 0 Å². The second kappa shape index (κ2) is 6.03. The van der Waals surface area contributed by atoms with Gasteiger partial charge in [0, 0.05) is 13.0 Å². The van der Waals surface area contributed by atoms with Crippen LogP contribution < -0.4 is 5.32 Å². The zero-order chi connectivity index (χ0) is 10.3. The summed E-state index contributed by atoms with van der Waals surface area (Å²) < 4.78 is 0. The van der Waals surface area contributed by atoms with Crippen LogP contribution in [0, 0.1) is 16.7 Å². The lowest BCUT2D eigenvalue weighted by molar-refractivity contribution is 0.208. The van der Waals surface area contributed by atoms with Crippen LogP contribution in [0.5, 0.6) is 0 Å². The number of hydrogen-bond acceptors (Lipinski definition) is 2. The van der Waals surface area contributed by atoms with E-state index in [1.165, 1.54) is 32.1 Å². The van der Waals surface area contributed by atoms with Gasteiger partial charge in [0.05, 0.1) is 6.07 Å². The maximum absolute atomic E-state index is 8.39. The molecule has 0 heterocycles. The van der Waals surface area contributed by atoms with E-state index >= 15 is 0 Å². The summed E-state index contributed by atoms with van der Waals surface area (Å²) in [5.74, 6) is 0. The topological polar surface area (TPSA) is 35.8 Å². The maximum Gasteiger partial charge on any atom is 0.0622 e. The second-order valence-corrected chi connectivity index (χ2v) is 4.81. The molecule has 0 radical (unpaired) electrons. The molecule has 0 atom stereocenters. The Balaban J connectivity index is 2.07. The molecule has 0 unspecified atom stereocenters. The Morgan fingerprint density at radius 1 is 1.29 bits per heavy atom. The first-order valence-corrected chi connectivity index (χ1v) is 5.84. The molecule has 1 aliphatic carbocycles. The summed E-state index contributed by atoms with van der Waals surface area (Å²) in [6.45, 7) is 4.53. The molecule has 1 fully saturated rings. The molecule has 80 valence electrons. The number of hydrogen-bond donors (Lipinski definition) is 1. The smallest absolute Gasteiger partial charge is 0.0622 e. The highest BCUT2D eigenvalue weighted by Gasteiger charge is 2.25. The van der Waals surface area contributed by atoms with Crippen LogP contribution in [-0.4, -0.2) is 13.1 Å². The van der Waals surface area contributed by atoms with E-state index in [1.54, 1.807) is 0 Å². The average molecular weight is 194 g/mol. The molecule has 0 aliphatic heterocycles. The van der Waals surface area contributed by atoms with E-state index in [4.69, 9.17) is 5.26 Å². The van der Waals surface area contributed by atoms with Gasteiger partial charge in [-0.15, -0.1) is 0 Å². The fourth-order valence-corrected chi connectivity index (χ4v) is 2.26. The summed E-state index contributed by atoms with van der Waals surface area (Å²) in [6, 6.07) is 2.18. The lowest BCUT2D eigenvalue weighted by Gasteiger charge is -2.33. The molecular formula is C12H22N2. The van der Waals surface area contributed by atoms with Crippen LogP contribution in [0.15, 0.2) is 0 Å². The molecule has 14 heavy (non-hydrogen) atoms. The zero-order valence-corrected chi connectivity index (χ0v) is 9.31. The van der Waals surface area contributed by atoms with Crippen molar-refractivity contribution in [2.45, 2.75) is 51.9 Å². The molecule has 0 aromatic rings. The third-order valence-electron chi connectivity index (χ3n) is 3.25. The summed E-state index contributed by atoms with van der Waals surface area (Å²) in [5, 5.41) is 11.9. The lowest BCUT2D eigenvalue weighted by Crippen LogP contribution is -2.34. The highest BCUT2D eigenvalue weighted by atomic mass is 14.9. The van der Waals surface area contributed by atoms with Crippen molar-refractivity contribution in [1.29, 1.82) is 5.26 Å². The summed E-state index contributed by atoms with van der Waals surface area (Å²) in [5.41, 5.74) is 0.533. The third-order valence-corrected chi connectivity index (χ3v) is 3.25. The third kappa shape index (κ3) is 4.11. The number of rotatable bonds is 5. The van der Waals surface area contributed by atoms with E-state index in [0.717, 1.165) is 19.5 Å². The van der Waals surface area contributed by atoms with Gasteiger partial charge >= 0.3 is 0 Å². The van der Waals surface area contributed by atoms with Gasteiger partial charge in [0.15, 0.2) is 0 Å². The molecule has 2 heteroatoms. The normalized spacial score (nSPS) is 20.3. The molecule has 0 bridgehead atoms. The Morgan fingerprint density at radius 3 is 2.64 bits per heavy atom.